The summed E-state index contributed by atoms with van der Waals surface area (Å²) in [5.41, 5.74) is 1.61. The number of carbonyl (C=O) groups is 2. The van der Waals surface area contributed by atoms with Crippen molar-refractivity contribution in [3.63, 3.8) is 0 Å². The van der Waals surface area contributed by atoms with Crippen molar-refractivity contribution >= 4 is 17.5 Å². The number of benzene rings is 1. The van der Waals surface area contributed by atoms with E-state index in [1.54, 1.807) is 11.9 Å². The van der Waals surface area contributed by atoms with Gasteiger partial charge in [-0.2, -0.15) is 0 Å². The van der Waals surface area contributed by atoms with Crippen molar-refractivity contribution in [2.75, 3.05) is 25.1 Å². The number of ether oxygens (including phenoxy) is 1. The average molecular weight is 290 g/mol. The van der Waals surface area contributed by atoms with Crippen LogP contribution in [0.4, 0.5) is 5.69 Å². The SMILES string of the molecule is CCCCCNC(=O)Cc1ccc2c(c1)N(C)C(=O)CO2. The molecular formula is C16H22N2O3. The molecule has 0 aromatic heterocycles. The Morgan fingerprint density at radius 2 is 2.19 bits per heavy atom. The topological polar surface area (TPSA) is 58.6 Å². The Labute approximate surface area is 125 Å². The van der Waals surface area contributed by atoms with Gasteiger partial charge < -0.3 is 15.0 Å². The molecule has 5 nitrogen and oxygen atoms in total. The van der Waals surface area contributed by atoms with E-state index < -0.39 is 0 Å². The Morgan fingerprint density at radius 3 is 2.95 bits per heavy atom. The summed E-state index contributed by atoms with van der Waals surface area (Å²) in [7, 11) is 1.72. The van der Waals surface area contributed by atoms with Crippen molar-refractivity contribution in [1.82, 2.24) is 5.32 Å². The molecule has 1 aliphatic heterocycles. The van der Waals surface area contributed by atoms with Gasteiger partial charge in [0.25, 0.3) is 5.91 Å². The van der Waals surface area contributed by atoms with Crippen LogP contribution in [0.5, 0.6) is 5.75 Å². The molecule has 0 saturated carbocycles. The monoisotopic (exact) mass is 290 g/mol. The quantitative estimate of drug-likeness (QED) is 0.814. The van der Waals surface area contributed by atoms with E-state index in [1.165, 1.54) is 0 Å². The zero-order valence-corrected chi connectivity index (χ0v) is 12.6. The number of hydrogen-bond acceptors (Lipinski definition) is 3. The maximum atomic E-state index is 11.9. The summed E-state index contributed by atoms with van der Waals surface area (Å²) in [6.07, 6.45) is 3.60. The van der Waals surface area contributed by atoms with Gasteiger partial charge in [0.15, 0.2) is 6.61 Å². The van der Waals surface area contributed by atoms with E-state index in [0.717, 1.165) is 37.1 Å². The van der Waals surface area contributed by atoms with Crippen molar-refractivity contribution in [1.29, 1.82) is 0 Å². The van der Waals surface area contributed by atoms with Gasteiger partial charge in [-0.25, -0.2) is 0 Å². The van der Waals surface area contributed by atoms with Crippen molar-refractivity contribution in [2.45, 2.75) is 32.6 Å². The van der Waals surface area contributed by atoms with Crippen LogP contribution < -0.4 is 15.0 Å². The molecule has 0 fully saturated rings. The normalized spacial score (nSPS) is 13.6. The molecule has 1 heterocycles. The molecule has 0 aliphatic carbocycles. The van der Waals surface area contributed by atoms with Crippen LogP contribution in [0.3, 0.4) is 0 Å². The molecule has 21 heavy (non-hydrogen) atoms. The van der Waals surface area contributed by atoms with Crippen LogP contribution in [0, 0.1) is 0 Å². The number of rotatable bonds is 6. The predicted molar refractivity (Wildman–Crippen MR) is 81.6 cm³/mol. The number of nitrogens with zero attached hydrogens (tertiary/aromatic N) is 1. The fraction of sp³-hybridized carbons (Fsp3) is 0.500. The molecule has 2 rings (SSSR count). The number of unbranched alkanes of at least 4 members (excludes halogenated alkanes) is 2. The second-order valence-corrected chi connectivity index (χ2v) is 5.28. The molecular weight excluding hydrogens is 268 g/mol. The van der Waals surface area contributed by atoms with E-state index in [9.17, 15) is 9.59 Å². The summed E-state index contributed by atoms with van der Waals surface area (Å²) < 4.78 is 5.37. The smallest absolute Gasteiger partial charge is 0.264 e. The average Bonchev–Trinajstić information content (AvgIpc) is 2.48. The van der Waals surface area contributed by atoms with Crippen LogP contribution in [0.1, 0.15) is 31.7 Å². The number of hydrogen-bond donors (Lipinski definition) is 1. The van der Waals surface area contributed by atoms with E-state index in [2.05, 4.69) is 12.2 Å². The van der Waals surface area contributed by atoms with Gasteiger partial charge in [-0.15, -0.1) is 0 Å². The van der Waals surface area contributed by atoms with Crippen molar-refractivity contribution in [3.8, 4) is 5.75 Å². The van der Waals surface area contributed by atoms with Crippen LogP contribution in [0.15, 0.2) is 18.2 Å². The van der Waals surface area contributed by atoms with Crippen LogP contribution in [-0.4, -0.2) is 32.0 Å². The van der Waals surface area contributed by atoms with Gasteiger partial charge in [0.1, 0.15) is 5.75 Å². The lowest BCUT2D eigenvalue weighted by molar-refractivity contribution is -0.121. The molecule has 0 radical (unpaired) electrons. The second kappa shape index (κ2) is 7.11. The first kappa shape index (κ1) is 15.4. The molecule has 1 aromatic rings. The number of anilines is 1. The van der Waals surface area contributed by atoms with Crippen LogP contribution in [-0.2, 0) is 16.0 Å². The molecule has 0 spiro atoms. The van der Waals surface area contributed by atoms with Crippen LogP contribution >= 0.6 is 0 Å². The van der Waals surface area contributed by atoms with Crippen molar-refractivity contribution in [2.24, 2.45) is 0 Å². The second-order valence-electron chi connectivity index (χ2n) is 5.28. The maximum Gasteiger partial charge on any atom is 0.264 e. The minimum Gasteiger partial charge on any atom is -0.482 e. The highest BCUT2D eigenvalue weighted by molar-refractivity contribution is 5.97. The van der Waals surface area contributed by atoms with Crippen LogP contribution in [0.2, 0.25) is 0 Å². The molecule has 0 bridgehead atoms. The molecule has 0 unspecified atom stereocenters. The molecule has 114 valence electrons. The molecule has 0 atom stereocenters. The van der Waals surface area contributed by atoms with Gasteiger partial charge in [0.05, 0.1) is 12.1 Å². The highest BCUT2D eigenvalue weighted by Crippen LogP contribution is 2.31. The van der Waals surface area contributed by atoms with Gasteiger partial charge in [-0.1, -0.05) is 25.8 Å². The minimum atomic E-state index is -0.0799. The summed E-state index contributed by atoms with van der Waals surface area (Å²) in [5, 5.41) is 2.92. The zero-order valence-electron chi connectivity index (χ0n) is 12.6. The number of amides is 2. The third-order valence-corrected chi connectivity index (χ3v) is 3.58. The number of fused-ring (bicyclic) bond motifs is 1. The van der Waals surface area contributed by atoms with Gasteiger partial charge in [-0.3, -0.25) is 9.59 Å². The van der Waals surface area contributed by atoms with Crippen molar-refractivity contribution < 1.29 is 14.3 Å². The van der Waals surface area contributed by atoms with E-state index >= 15 is 0 Å². The first-order chi connectivity index (χ1) is 10.1. The Balaban J connectivity index is 1.95. The van der Waals surface area contributed by atoms with Gasteiger partial charge in [-0.05, 0) is 24.1 Å². The first-order valence-corrected chi connectivity index (χ1v) is 7.40. The Hall–Kier alpha value is -2.04. The fourth-order valence-electron chi connectivity index (χ4n) is 2.28. The van der Waals surface area contributed by atoms with Crippen LogP contribution in [0.25, 0.3) is 0 Å². The number of carbonyl (C=O) groups excluding carboxylic acids is 2. The van der Waals surface area contributed by atoms with Gasteiger partial charge in [0, 0.05) is 13.6 Å². The fourth-order valence-corrected chi connectivity index (χ4v) is 2.28. The highest BCUT2D eigenvalue weighted by Gasteiger charge is 2.22. The largest absolute Gasteiger partial charge is 0.482 e. The summed E-state index contributed by atoms with van der Waals surface area (Å²) in [4.78, 5) is 25.1. The van der Waals surface area contributed by atoms with Gasteiger partial charge >= 0.3 is 0 Å². The summed E-state index contributed by atoms with van der Waals surface area (Å²) in [6, 6.07) is 5.53. The van der Waals surface area contributed by atoms with E-state index in [-0.39, 0.29) is 18.4 Å². The minimum absolute atomic E-state index is 0.0109. The van der Waals surface area contributed by atoms with E-state index in [1.807, 2.05) is 18.2 Å². The molecule has 0 saturated heterocycles. The molecule has 5 heteroatoms. The van der Waals surface area contributed by atoms with Gasteiger partial charge in [0.2, 0.25) is 5.91 Å². The third-order valence-electron chi connectivity index (χ3n) is 3.58. The molecule has 1 aromatic carbocycles. The number of nitrogens with one attached hydrogen (secondary N) is 1. The predicted octanol–water partition coefficient (Wildman–Crippen LogP) is 1.89. The Morgan fingerprint density at radius 1 is 1.38 bits per heavy atom. The van der Waals surface area contributed by atoms with E-state index in [0.29, 0.717) is 12.2 Å². The standard InChI is InChI=1S/C16H22N2O3/c1-3-4-5-8-17-15(19)10-12-6-7-14-13(9-12)18(2)16(20)11-21-14/h6-7,9H,3-5,8,10-11H2,1-2H3,(H,17,19). The maximum absolute atomic E-state index is 11.9. The lowest BCUT2D eigenvalue weighted by Crippen LogP contribution is -2.35. The lowest BCUT2D eigenvalue weighted by atomic mass is 10.1. The van der Waals surface area contributed by atoms with E-state index in [4.69, 9.17) is 4.74 Å². The Kier molecular flexibility index (Phi) is 5.20. The lowest BCUT2D eigenvalue weighted by Gasteiger charge is -2.26. The third kappa shape index (κ3) is 3.97. The van der Waals surface area contributed by atoms with Crippen molar-refractivity contribution in [3.05, 3.63) is 23.8 Å². The molecule has 2 amide bonds. The molecule has 1 N–H and O–H groups in total. The summed E-state index contributed by atoms with van der Waals surface area (Å²) >= 11 is 0. The number of likely N-dealkylation sites (N-methyl/N-ethyl adjacent to an activating group) is 1. The first-order valence-electron chi connectivity index (χ1n) is 7.40. The molecule has 1 aliphatic rings. The Bertz CT molecular complexity index is 528. The summed E-state index contributed by atoms with van der Waals surface area (Å²) in [5.74, 6) is 0.615. The highest BCUT2D eigenvalue weighted by atomic mass is 16.5. The zero-order chi connectivity index (χ0) is 15.2. The summed E-state index contributed by atoms with van der Waals surface area (Å²) in [6.45, 7) is 2.93.